The van der Waals surface area contributed by atoms with Crippen LogP contribution in [0.3, 0.4) is 0 Å². The molecule has 0 radical (unpaired) electrons. The van der Waals surface area contributed by atoms with Crippen LogP contribution < -0.4 is 10.2 Å². The number of rotatable bonds is 6. The van der Waals surface area contributed by atoms with Gasteiger partial charge in [0.25, 0.3) is 0 Å². The fourth-order valence-electron chi connectivity index (χ4n) is 2.29. The first-order chi connectivity index (χ1) is 11.3. The zero-order chi connectivity index (χ0) is 15.9. The van der Waals surface area contributed by atoms with Gasteiger partial charge in [0.2, 0.25) is 5.95 Å². The van der Waals surface area contributed by atoms with E-state index in [-0.39, 0.29) is 0 Å². The van der Waals surface area contributed by atoms with E-state index in [1.54, 1.807) is 6.20 Å². The normalized spacial score (nSPS) is 10.3. The SMILES string of the molecule is CCN(Cc1ccccc1)c1nncc(Nc2ccccc2)n1. The van der Waals surface area contributed by atoms with E-state index in [2.05, 4.69) is 44.5 Å². The van der Waals surface area contributed by atoms with E-state index < -0.39 is 0 Å². The molecule has 23 heavy (non-hydrogen) atoms. The minimum atomic E-state index is 0.622. The monoisotopic (exact) mass is 305 g/mol. The Labute approximate surface area is 136 Å². The maximum Gasteiger partial charge on any atom is 0.247 e. The summed E-state index contributed by atoms with van der Waals surface area (Å²) in [5.41, 5.74) is 2.20. The Hall–Kier alpha value is -2.95. The molecule has 5 heteroatoms. The number of aromatic nitrogens is 3. The van der Waals surface area contributed by atoms with Crippen LogP contribution in [0.1, 0.15) is 12.5 Å². The predicted molar refractivity (Wildman–Crippen MR) is 92.7 cm³/mol. The smallest absolute Gasteiger partial charge is 0.247 e. The van der Waals surface area contributed by atoms with Crippen molar-refractivity contribution in [3.63, 3.8) is 0 Å². The Morgan fingerprint density at radius 3 is 2.35 bits per heavy atom. The molecule has 0 aliphatic rings. The van der Waals surface area contributed by atoms with Gasteiger partial charge in [0.15, 0.2) is 5.82 Å². The highest BCUT2D eigenvalue weighted by Gasteiger charge is 2.10. The molecule has 2 aromatic carbocycles. The molecule has 1 aromatic heterocycles. The molecule has 0 saturated heterocycles. The third-order valence-corrected chi connectivity index (χ3v) is 3.47. The van der Waals surface area contributed by atoms with E-state index >= 15 is 0 Å². The molecule has 3 aromatic rings. The zero-order valence-electron chi connectivity index (χ0n) is 13.1. The van der Waals surface area contributed by atoms with E-state index in [9.17, 15) is 0 Å². The molecule has 0 saturated carbocycles. The number of nitrogens with one attached hydrogen (secondary N) is 1. The molecule has 0 aliphatic carbocycles. The largest absolute Gasteiger partial charge is 0.339 e. The van der Waals surface area contributed by atoms with Gasteiger partial charge in [-0.05, 0) is 24.6 Å². The zero-order valence-corrected chi connectivity index (χ0v) is 13.1. The van der Waals surface area contributed by atoms with Crippen molar-refractivity contribution in [2.75, 3.05) is 16.8 Å². The second-order valence-electron chi connectivity index (χ2n) is 5.13. The Morgan fingerprint density at radius 1 is 0.957 bits per heavy atom. The summed E-state index contributed by atoms with van der Waals surface area (Å²) >= 11 is 0. The molecule has 0 amide bonds. The van der Waals surface area contributed by atoms with Crippen molar-refractivity contribution in [1.82, 2.24) is 15.2 Å². The molecule has 0 bridgehead atoms. The van der Waals surface area contributed by atoms with Crippen molar-refractivity contribution in [2.45, 2.75) is 13.5 Å². The van der Waals surface area contributed by atoms with Gasteiger partial charge in [-0.1, -0.05) is 48.5 Å². The molecular formula is C18H19N5. The maximum atomic E-state index is 4.58. The average molecular weight is 305 g/mol. The topological polar surface area (TPSA) is 53.9 Å². The number of hydrogen-bond donors (Lipinski definition) is 1. The van der Waals surface area contributed by atoms with E-state index in [0.29, 0.717) is 11.8 Å². The van der Waals surface area contributed by atoms with Crippen LogP contribution in [0.4, 0.5) is 17.5 Å². The van der Waals surface area contributed by atoms with E-state index in [1.807, 2.05) is 48.5 Å². The van der Waals surface area contributed by atoms with Crippen LogP contribution in [-0.4, -0.2) is 21.7 Å². The van der Waals surface area contributed by atoms with Gasteiger partial charge < -0.3 is 10.2 Å². The van der Waals surface area contributed by atoms with Gasteiger partial charge in [0, 0.05) is 18.8 Å². The third-order valence-electron chi connectivity index (χ3n) is 3.47. The van der Waals surface area contributed by atoms with Crippen molar-refractivity contribution in [3.05, 3.63) is 72.4 Å². The molecule has 0 fully saturated rings. The van der Waals surface area contributed by atoms with Gasteiger partial charge in [0.1, 0.15) is 0 Å². The van der Waals surface area contributed by atoms with Crippen molar-refractivity contribution in [1.29, 1.82) is 0 Å². The number of anilines is 3. The third kappa shape index (κ3) is 4.03. The predicted octanol–water partition coefficient (Wildman–Crippen LogP) is 3.64. The van der Waals surface area contributed by atoms with Gasteiger partial charge in [-0.15, -0.1) is 5.10 Å². The van der Waals surface area contributed by atoms with Gasteiger partial charge in [-0.25, -0.2) is 0 Å². The summed E-state index contributed by atoms with van der Waals surface area (Å²) in [5, 5.41) is 11.5. The van der Waals surface area contributed by atoms with Gasteiger partial charge >= 0.3 is 0 Å². The molecule has 0 unspecified atom stereocenters. The number of nitrogens with zero attached hydrogens (tertiary/aromatic N) is 4. The Bertz CT molecular complexity index is 731. The Kier molecular flexibility index (Phi) is 4.79. The standard InChI is InChI=1S/C18H19N5/c1-2-23(14-15-9-5-3-6-10-15)18-21-17(13-19-22-18)20-16-11-7-4-8-12-16/h3-13H,2,14H2,1H3,(H,20,21,22). The molecule has 0 aliphatic heterocycles. The summed E-state index contributed by atoms with van der Waals surface area (Å²) in [4.78, 5) is 6.67. The van der Waals surface area contributed by atoms with Crippen molar-refractivity contribution >= 4 is 17.5 Å². The second kappa shape index (κ2) is 7.35. The lowest BCUT2D eigenvalue weighted by Crippen LogP contribution is -2.24. The quantitative estimate of drug-likeness (QED) is 0.753. The lowest BCUT2D eigenvalue weighted by Gasteiger charge is -2.20. The fourth-order valence-corrected chi connectivity index (χ4v) is 2.29. The van der Waals surface area contributed by atoms with E-state index in [1.165, 1.54) is 5.56 Å². The van der Waals surface area contributed by atoms with Crippen LogP contribution in [-0.2, 0) is 6.54 Å². The first kappa shape index (κ1) is 15.0. The Balaban J connectivity index is 1.77. The van der Waals surface area contributed by atoms with Crippen molar-refractivity contribution < 1.29 is 0 Å². The highest BCUT2D eigenvalue weighted by Crippen LogP contribution is 2.16. The van der Waals surface area contributed by atoms with Crippen LogP contribution in [0.25, 0.3) is 0 Å². The summed E-state index contributed by atoms with van der Waals surface area (Å²) in [6, 6.07) is 20.2. The molecule has 3 rings (SSSR count). The minimum absolute atomic E-state index is 0.622. The molecular weight excluding hydrogens is 286 g/mol. The summed E-state index contributed by atoms with van der Waals surface area (Å²) in [5.74, 6) is 1.31. The second-order valence-corrected chi connectivity index (χ2v) is 5.13. The first-order valence-corrected chi connectivity index (χ1v) is 7.66. The highest BCUT2D eigenvalue weighted by atomic mass is 15.3. The highest BCUT2D eigenvalue weighted by molar-refractivity contribution is 5.55. The van der Waals surface area contributed by atoms with E-state index in [0.717, 1.165) is 18.8 Å². The van der Waals surface area contributed by atoms with Crippen LogP contribution >= 0.6 is 0 Å². The lowest BCUT2D eigenvalue weighted by atomic mass is 10.2. The fraction of sp³-hybridized carbons (Fsp3) is 0.167. The molecule has 5 nitrogen and oxygen atoms in total. The summed E-state index contributed by atoms with van der Waals surface area (Å²) in [6.07, 6.45) is 1.63. The first-order valence-electron chi connectivity index (χ1n) is 7.66. The number of benzene rings is 2. The van der Waals surface area contributed by atoms with Crippen molar-refractivity contribution in [2.24, 2.45) is 0 Å². The minimum Gasteiger partial charge on any atom is -0.339 e. The summed E-state index contributed by atoms with van der Waals surface area (Å²) < 4.78 is 0. The molecule has 1 heterocycles. The summed E-state index contributed by atoms with van der Waals surface area (Å²) in [6.45, 7) is 3.66. The molecule has 1 N–H and O–H groups in total. The number of para-hydroxylation sites is 1. The lowest BCUT2D eigenvalue weighted by molar-refractivity contribution is 0.771. The molecule has 0 atom stereocenters. The number of hydrogen-bond acceptors (Lipinski definition) is 5. The van der Waals surface area contributed by atoms with Crippen LogP contribution in [0.5, 0.6) is 0 Å². The van der Waals surface area contributed by atoms with Gasteiger partial charge in [-0.2, -0.15) is 10.1 Å². The summed E-state index contributed by atoms with van der Waals surface area (Å²) in [7, 11) is 0. The van der Waals surface area contributed by atoms with E-state index in [4.69, 9.17) is 0 Å². The van der Waals surface area contributed by atoms with Crippen LogP contribution in [0, 0.1) is 0 Å². The Morgan fingerprint density at radius 2 is 1.65 bits per heavy atom. The molecule has 116 valence electrons. The average Bonchev–Trinajstić information content (AvgIpc) is 2.62. The van der Waals surface area contributed by atoms with Crippen molar-refractivity contribution in [3.8, 4) is 0 Å². The van der Waals surface area contributed by atoms with Gasteiger partial charge in [0.05, 0.1) is 6.20 Å². The van der Waals surface area contributed by atoms with Crippen LogP contribution in [0.2, 0.25) is 0 Å². The molecule has 0 spiro atoms. The van der Waals surface area contributed by atoms with Crippen LogP contribution in [0.15, 0.2) is 66.9 Å². The van der Waals surface area contributed by atoms with Gasteiger partial charge in [-0.3, -0.25) is 0 Å². The maximum absolute atomic E-state index is 4.58.